The van der Waals surface area contributed by atoms with Gasteiger partial charge in [0.2, 0.25) is 5.91 Å². The first-order chi connectivity index (χ1) is 9.45. The lowest BCUT2D eigenvalue weighted by Gasteiger charge is -2.16. The summed E-state index contributed by atoms with van der Waals surface area (Å²) in [6.45, 7) is 4.97. The van der Waals surface area contributed by atoms with Crippen LogP contribution in [0, 0.1) is 0 Å². The van der Waals surface area contributed by atoms with E-state index in [1.54, 1.807) is 12.1 Å². The second kappa shape index (κ2) is 7.72. The summed E-state index contributed by atoms with van der Waals surface area (Å²) in [6, 6.07) is 3.41. The third-order valence-corrected chi connectivity index (χ3v) is 6.48. The number of carbonyl (C=O) groups excluding carboxylic acids is 1. The summed E-state index contributed by atoms with van der Waals surface area (Å²) >= 11 is 1.25. The fraction of sp³-hybridized carbons (Fsp3) is 0.583. The molecule has 0 saturated heterocycles. The lowest BCUT2D eigenvalue weighted by atomic mass is 10.3. The number of nitrogens with two attached hydrogens (primary N) is 1. The van der Waals surface area contributed by atoms with Gasteiger partial charge in [0.1, 0.15) is 4.21 Å². The van der Waals surface area contributed by atoms with Gasteiger partial charge in [-0.2, -0.15) is 4.31 Å². The van der Waals surface area contributed by atoms with Crippen molar-refractivity contribution in [2.45, 2.75) is 24.5 Å². The van der Waals surface area contributed by atoms with E-state index in [9.17, 15) is 13.2 Å². The third-order valence-electron chi connectivity index (χ3n) is 2.82. The standard InChI is InChI=1S/C12H21N3O3S2/c1-3-15(4-2)20(17,18)12-6-5-10(19-12)7-8-14-11(16)9-13/h5-6H,3-4,7-9,13H2,1-2H3,(H,14,16). The SMILES string of the molecule is CCN(CC)S(=O)(=O)c1ccc(CCNC(=O)CN)s1. The minimum absolute atomic E-state index is 0.0357. The zero-order valence-corrected chi connectivity index (χ0v) is 13.4. The van der Waals surface area contributed by atoms with Crippen LogP contribution in [0.25, 0.3) is 0 Å². The second-order valence-electron chi connectivity index (χ2n) is 4.11. The van der Waals surface area contributed by atoms with Gasteiger partial charge in [-0.05, 0) is 18.6 Å². The second-order valence-corrected chi connectivity index (χ2v) is 7.45. The van der Waals surface area contributed by atoms with Gasteiger partial charge in [-0.3, -0.25) is 4.79 Å². The predicted octanol–water partition coefficient (Wildman–Crippen LogP) is 0.396. The zero-order valence-electron chi connectivity index (χ0n) is 11.8. The third kappa shape index (κ3) is 4.27. The predicted molar refractivity (Wildman–Crippen MR) is 80.2 cm³/mol. The van der Waals surface area contributed by atoms with Crippen molar-refractivity contribution < 1.29 is 13.2 Å². The molecule has 0 saturated carbocycles. The summed E-state index contributed by atoms with van der Waals surface area (Å²) in [5, 5.41) is 2.66. The molecule has 114 valence electrons. The molecule has 0 spiro atoms. The Kier molecular flexibility index (Phi) is 6.60. The molecule has 0 aliphatic rings. The molecule has 8 heteroatoms. The van der Waals surface area contributed by atoms with Gasteiger partial charge in [0.05, 0.1) is 6.54 Å². The van der Waals surface area contributed by atoms with Crippen molar-refractivity contribution in [2.75, 3.05) is 26.2 Å². The van der Waals surface area contributed by atoms with Gasteiger partial charge < -0.3 is 11.1 Å². The van der Waals surface area contributed by atoms with Crippen LogP contribution in [0.1, 0.15) is 18.7 Å². The number of hydrogen-bond acceptors (Lipinski definition) is 5. The van der Waals surface area contributed by atoms with Crippen molar-refractivity contribution in [3.8, 4) is 0 Å². The van der Waals surface area contributed by atoms with Crippen LogP contribution in [0.15, 0.2) is 16.3 Å². The maximum Gasteiger partial charge on any atom is 0.252 e. The zero-order chi connectivity index (χ0) is 15.2. The molecule has 0 aliphatic carbocycles. The molecular formula is C12H21N3O3S2. The number of amides is 1. The first-order valence-corrected chi connectivity index (χ1v) is 8.77. The van der Waals surface area contributed by atoms with E-state index in [1.165, 1.54) is 15.6 Å². The average molecular weight is 319 g/mol. The first kappa shape index (κ1) is 17.1. The van der Waals surface area contributed by atoms with E-state index in [0.717, 1.165) is 4.88 Å². The molecule has 6 nitrogen and oxygen atoms in total. The highest BCUT2D eigenvalue weighted by Gasteiger charge is 2.23. The van der Waals surface area contributed by atoms with E-state index in [-0.39, 0.29) is 12.5 Å². The Hall–Kier alpha value is -0.960. The van der Waals surface area contributed by atoms with E-state index in [2.05, 4.69) is 5.32 Å². The Bertz CT molecular complexity index is 536. The number of carbonyl (C=O) groups is 1. The van der Waals surface area contributed by atoms with Crippen molar-refractivity contribution >= 4 is 27.3 Å². The molecule has 0 aliphatic heterocycles. The molecule has 0 atom stereocenters. The maximum atomic E-state index is 12.3. The number of thiophene rings is 1. The van der Waals surface area contributed by atoms with Crippen LogP contribution in [-0.4, -0.2) is 44.8 Å². The van der Waals surface area contributed by atoms with Gasteiger partial charge in [-0.1, -0.05) is 13.8 Å². The topological polar surface area (TPSA) is 92.5 Å². The number of rotatable bonds is 8. The normalized spacial score (nSPS) is 11.8. The molecule has 1 aromatic rings. The molecule has 0 aromatic carbocycles. The molecule has 1 heterocycles. The van der Waals surface area contributed by atoms with Crippen molar-refractivity contribution in [1.82, 2.24) is 9.62 Å². The Morgan fingerprint density at radius 2 is 2.00 bits per heavy atom. The highest BCUT2D eigenvalue weighted by molar-refractivity contribution is 7.91. The van der Waals surface area contributed by atoms with Crippen LogP contribution in [0.4, 0.5) is 0 Å². The molecule has 0 unspecified atom stereocenters. The highest BCUT2D eigenvalue weighted by Crippen LogP contribution is 2.25. The Morgan fingerprint density at radius 1 is 1.35 bits per heavy atom. The first-order valence-electron chi connectivity index (χ1n) is 6.51. The van der Waals surface area contributed by atoms with Gasteiger partial charge in [-0.15, -0.1) is 11.3 Å². The van der Waals surface area contributed by atoms with E-state index >= 15 is 0 Å². The number of nitrogens with one attached hydrogen (secondary N) is 1. The van der Waals surface area contributed by atoms with Crippen LogP contribution in [-0.2, 0) is 21.2 Å². The van der Waals surface area contributed by atoms with Crippen LogP contribution >= 0.6 is 11.3 Å². The molecule has 3 N–H and O–H groups in total. The molecule has 1 aromatic heterocycles. The van der Waals surface area contributed by atoms with Gasteiger partial charge in [0, 0.05) is 24.5 Å². The Morgan fingerprint density at radius 3 is 2.55 bits per heavy atom. The van der Waals surface area contributed by atoms with E-state index in [4.69, 9.17) is 5.73 Å². The number of sulfonamides is 1. The summed E-state index contributed by atoms with van der Waals surface area (Å²) in [6.07, 6.45) is 0.601. The van der Waals surface area contributed by atoms with Crippen molar-refractivity contribution in [3.63, 3.8) is 0 Å². The van der Waals surface area contributed by atoms with E-state index in [0.29, 0.717) is 30.3 Å². The number of hydrogen-bond donors (Lipinski definition) is 2. The minimum Gasteiger partial charge on any atom is -0.355 e. The molecular weight excluding hydrogens is 298 g/mol. The molecule has 0 fully saturated rings. The largest absolute Gasteiger partial charge is 0.355 e. The van der Waals surface area contributed by atoms with Gasteiger partial charge >= 0.3 is 0 Å². The average Bonchev–Trinajstić information content (AvgIpc) is 2.89. The smallest absolute Gasteiger partial charge is 0.252 e. The summed E-state index contributed by atoms with van der Waals surface area (Å²) in [4.78, 5) is 11.9. The molecule has 0 bridgehead atoms. The lowest BCUT2D eigenvalue weighted by Crippen LogP contribution is -2.31. The molecule has 20 heavy (non-hydrogen) atoms. The Labute approximate surface area is 124 Å². The van der Waals surface area contributed by atoms with Crippen molar-refractivity contribution in [3.05, 3.63) is 17.0 Å². The van der Waals surface area contributed by atoms with Crippen LogP contribution in [0.5, 0.6) is 0 Å². The van der Waals surface area contributed by atoms with Gasteiger partial charge in [0.25, 0.3) is 10.0 Å². The van der Waals surface area contributed by atoms with Gasteiger partial charge in [-0.25, -0.2) is 8.42 Å². The Balaban J connectivity index is 2.70. The minimum atomic E-state index is -3.38. The molecule has 1 rings (SSSR count). The van der Waals surface area contributed by atoms with Crippen LogP contribution in [0.3, 0.4) is 0 Å². The van der Waals surface area contributed by atoms with E-state index < -0.39 is 10.0 Å². The van der Waals surface area contributed by atoms with Gasteiger partial charge in [0.15, 0.2) is 0 Å². The fourth-order valence-corrected chi connectivity index (χ4v) is 4.69. The molecule has 0 radical (unpaired) electrons. The summed E-state index contributed by atoms with van der Waals surface area (Å²) in [5.74, 6) is -0.211. The van der Waals surface area contributed by atoms with Crippen molar-refractivity contribution in [2.24, 2.45) is 5.73 Å². The maximum absolute atomic E-state index is 12.3. The molecule has 1 amide bonds. The summed E-state index contributed by atoms with van der Waals surface area (Å²) < 4.78 is 26.4. The number of nitrogens with zero attached hydrogens (tertiary/aromatic N) is 1. The fourth-order valence-electron chi connectivity index (χ4n) is 1.72. The quantitative estimate of drug-likeness (QED) is 0.725. The van der Waals surface area contributed by atoms with Crippen LogP contribution < -0.4 is 11.1 Å². The highest BCUT2D eigenvalue weighted by atomic mass is 32.2. The van der Waals surface area contributed by atoms with E-state index in [1.807, 2.05) is 13.8 Å². The monoisotopic (exact) mass is 319 g/mol. The summed E-state index contributed by atoms with van der Waals surface area (Å²) in [7, 11) is -3.38. The summed E-state index contributed by atoms with van der Waals surface area (Å²) in [5.41, 5.74) is 5.18. The lowest BCUT2D eigenvalue weighted by molar-refractivity contribution is -0.119. The van der Waals surface area contributed by atoms with Crippen molar-refractivity contribution in [1.29, 1.82) is 0 Å². The van der Waals surface area contributed by atoms with Crippen LogP contribution in [0.2, 0.25) is 0 Å².